The molecule has 2 fully saturated rings. The molecule has 1 unspecified atom stereocenters. The van der Waals surface area contributed by atoms with Gasteiger partial charge in [-0.05, 0) is 6.42 Å². The van der Waals surface area contributed by atoms with Crippen molar-refractivity contribution in [3.05, 3.63) is 12.2 Å². The minimum atomic E-state index is -0.941. The molecule has 0 aromatic rings. The van der Waals surface area contributed by atoms with Gasteiger partial charge in [0.25, 0.3) is 0 Å². The molecule has 0 bridgehead atoms. The third kappa shape index (κ3) is 1.42. The van der Waals surface area contributed by atoms with Crippen LogP contribution in [0.1, 0.15) is 12.8 Å². The van der Waals surface area contributed by atoms with Crippen LogP contribution < -0.4 is 0 Å². The zero-order valence-corrected chi connectivity index (χ0v) is 6.99. The van der Waals surface area contributed by atoms with E-state index >= 15 is 0 Å². The van der Waals surface area contributed by atoms with Crippen LogP contribution in [0, 0.1) is 0 Å². The van der Waals surface area contributed by atoms with Crippen molar-refractivity contribution in [1.82, 2.24) is 5.06 Å². The number of hydrogen-bond acceptors (Lipinski definition) is 5. The third-order valence-corrected chi connectivity index (χ3v) is 2.08. The van der Waals surface area contributed by atoms with Crippen LogP contribution in [-0.4, -0.2) is 29.8 Å². The molecule has 0 amide bonds. The van der Waals surface area contributed by atoms with Crippen molar-refractivity contribution < 1.29 is 19.2 Å². The molecular formula is C8H9NO4. The number of carbonyl (C=O) groups excluding carboxylic acids is 2. The average Bonchev–Trinajstić information content (AvgIpc) is 2.08. The summed E-state index contributed by atoms with van der Waals surface area (Å²) in [6.45, 7) is 4.33. The number of esters is 1. The zero-order chi connectivity index (χ0) is 9.42. The Morgan fingerprint density at radius 3 is 2.92 bits per heavy atom. The minimum absolute atomic E-state index is 0.466. The van der Waals surface area contributed by atoms with E-state index in [1.165, 1.54) is 5.06 Å². The molecule has 0 aliphatic carbocycles. The van der Waals surface area contributed by atoms with Gasteiger partial charge >= 0.3 is 11.9 Å². The van der Waals surface area contributed by atoms with Crippen molar-refractivity contribution in [2.75, 3.05) is 6.54 Å². The van der Waals surface area contributed by atoms with Gasteiger partial charge in [0.2, 0.25) is 0 Å². The largest absolute Gasteiger partial charge is 0.436 e. The Labute approximate surface area is 74.9 Å². The molecule has 0 spiro atoms. The summed E-state index contributed by atoms with van der Waals surface area (Å²) in [5.41, 5.74) is 1.01. The van der Waals surface area contributed by atoms with Gasteiger partial charge < -0.3 is 9.57 Å². The van der Waals surface area contributed by atoms with E-state index in [1.54, 1.807) is 0 Å². The fraction of sp³-hybridized carbons (Fsp3) is 0.500. The molecule has 0 radical (unpaired) electrons. The lowest BCUT2D eigenvalue weighted by Gasteiger charge is -2.36. The van der Waals surface area contributed by atoms with E-state index in [0.717, 1.165) is 12.0 Å². The van der Waals surface area contributed by atoms with Crippen LogP contribution in [0.5, 0.6) is 0 Å². The summed E-state index contributed by atoms with van der Waals surface area (Å²) < 4.78 is 4.82. The van der Waals surface area contributed by atoms with Crippen LogP contribution >= 0.6 is 0 Å². The molecule has 2 rings (SSSR count). The van der Waals surface area contributed by atoms with Crippen LogP contribution in [0.3, 0.4) is 0 Å². The number of carbonyl (C=O) groups is 2. The Hall–Kier alpha value is -1.36. The topological polar surface area (TPSA) is 55.8 Å². The molecule has 5 nitrogen and oxygen atoms in total. The van der Waals surface area contributed by atoms with E-state index < -0.39 is 18.2 Å². The summed E-state index contributed by atoms with van der Waals surface area (Å²) in [5, 5.41) is 1.39. The van der Waals surface area contributed by atoms with Crippen LogP contribution in [0.2, 0.25) is 0 Å². The van der Waals surface area contributed by atoms with Crippen molar-refractivity contribution in [2.24, 2.45) is 0 Å². The fourth-order valence-corrected chi connectivity index (χ4v) is 1.38. The average molecular weight is 183 g/mol. The molecule has 0 aromatic carbocycles. The van der Waals surface area contributed by atoms with Gasteiger partial charge in [-0.2, -0.15) is 0 Å². The first-order valence-corrected chi connectivity index (χ1v) is 4.03. The van der Waals surface area contributed by atoms with Gasteiger partial charge in [0.15, 0.2) is 6.23 Å². The SMILES string of the molecule is C=C1CCN2OC(=O)C(=O)OC2C1. The van der Waals surface area contributed by atoms with Gasteiger partial charge in [-0.3, -0.25) is 0 Å². The summed E-state index contributed by atoms with van der Waals surface area (Å²) in [6, 6.07) is 0. The van der Waals surface area contributed by atoms with E-state index in [-0.39, 0.29) is 0 Å². The van der Waals surface area contributed by atoms with Gasteiger partial charge in [0, 0.05) is 13.0 Å². The number of piperidine rings is 1. The standard InChI is InChI=1S/C8H9NO4/c1-5-2-3-9-6(4-5)12-7(10)8(11)13-9/h6H,1-4H2. The van der Waals surface area contributed by atoms with Crippen molar-refractivity contribution in [1.29, 1.82) is 0 Å². The minimum Gasteiger partial charge on any atom is -0.434 e. The number of hydrogen-bond donors (Lipinski definition) is 0. The first kappa shape index (κ1) is 8.25. The second-order valence-electron chi connectivity index (χ2n) is 3.08. The van der Waals surface area contributed by atoms with E-state index in [0.29, 0.717) is 13.0 Å². The fourth-order valence-electron chi connectivity index (χ4n) is 1.38. The van der Waals surface area contributed by atoms with Crippen LogP contribution in [0.4, 0.5) is 0 Å². The van der Waals surface area contributed by atoms with Gasteiger partial charge in [-0.1, -0.05) is 17.2 Å². The highest BCUT2D eigenvalue weighted by Gasteiger charge is 2.38. The summed E-state index contributed by atoms with van der Waals surface area (Å²) in [5.74, 6) is -1.86. The molecule has 13 heavy (non-hydrogen) atoms. The normalized spacial score (nSPS) is 29.2. The van der Waals surface area contributed by atoms with E-state index in [4.69, 9.17) is 9.57 Å². The Kier molecular flexibility index (Phi) is 1.81. The maximum absolute atomic E-state index is 10.8. The highest BCUT2D eigenvalue weighted by molar-refractivity contribution is 6.29. The van der Waals surface area contributed by atoms with E-state index in [9.17, 15) is 9.59 Å². The predicted molar refractivity (Wildman–Crippen MR) is 41.1 cm³/mol. The van der Waals surface area contributed by atoms with Crippen LogP contribution in [0.15, 0.2) is 12.2 Å². The number of hydroxylamine groups is 2. The summed E-state index contributed by atoms with van der Waals surface area (Å²) in [6.07, 6.45) is 0.840. The number of nitrogens with zero attached hydrogens (tertiary/aromatic N) is 1. The van der Waals surface area contributed by atoms with Gasteiger partial charge in [-0.15, -0.1) is 0 Å². The molecule has 2 heterocycles. The Bertz CT molecular complexity index is 286. The lowest BCUT2D eigenvalue weighted by molar-refractivity contribution is -0.269. The van der Waals surface area contributed by atoms with Crippen molar-refractivity contribution in [3.8, 4) is 0 Å². The van der Waals surface area contributed by atoms with Gasteiger partial charge in [0.05, 0.1) is 0 Å². The smallest absolute Gasteiger partial charge is 0.434 e. The number of ether oxygens (including phenoxy) is 1. The van der Waals surface area contributed by atoms with E-state index in [1.807, 2.05) is 0 Å². The summed E-state index contributed by atoms with van der Waals surface area (Å²) in [4.78, 5) is 26.3. The molecule has 70 valence electrons. The Morgan fingerprint density at radius 2 is 2.15 bits per heavy atom. The summed E-state index contributed by atoms with van der Waals surface area (Å²) >= 11 is 0. The zero-order valence-electron chi connectivity index (χ0n) is 6.99. The van der Waals surface area contributed by atoms with Crippen molar-refractivity contribution in [3.63, 3.8) is 0 Å². The molecular weight excluding hydrogens is 174 g/mol. The van der Waals surface area contributed by atoms with E-state index in [2.05, 4.69) is 6.58 Å². The monoisotopic (exact) mass is 183 g/mol. The molecule has 0 N–H and O–H groups in total. The summed E-state index contributed by atoms with van der Waals surface area (Å²) in [7, 11) is 0. The Morgan fingerprint density at radius 1 is 1.38 bits per heavy atom. The van der Waals surface area contributed by atoms with Crippen molar-refractivity contribution in [2.45, 2.75) is 19.1 Å². The first-order valence-electron chi connectivity index (χ1n) is 4.03. The van der Waals surface area contributed by atoms with Crippen molar-refractivity contribution >= 4 is 11.9 Å². The third-order valence-electron chi connectivity index (χ3n) is 2.08. The quantitative estimate of drug-likeness (QED) is 0.300. The molecule has 2 saturated heterocycles. The molecule has 5 heteroatoms. The second-order valence-corrected chi connectivity index (χ2v) is 3.08. The second kappa shape index (κ2) is 2.85. The maximum Gasteiger partial charge on any atom is 0.436 e. The number of rotatable bonds is 0. The van der Waals surface area contributed by atoms with Crippen LogP contribution in [0.25, 0.3) is 0 Å². The maximum atomic E-state index is 10.8. The highest BCUT2D eigenvalue weighted by atomic mass is 16.8. The Balaban J connectivity index is 2.10. The highest BCUT2D eigenvalue weighted by Crippen LogP contribution is 2.24. The molecule has 2 aliphatic heterocycles. The lowest BCUT2D eigenvalue weighted by Crippen LogP contribution is -2.50. The lowest BCUT2D eigenvalue weighted by atomic mass is 10.1. The molecule has 0 saturated carbocycles. The number of fused-ring (bicyclic) bond motifs is 1. The molecule has 2 aliphatic rings. The molecule has 1 atom stereocenters. The first-order chi connectivity index (χ1) is 6.16. The van der Waals surface area contributed by atoms with Gasteiger partial charge in [-0.25, -0.2) is 9.59 Å². The van der Waals surface area contributed by atoms with Gasteiger partial charge in [0.1, 0.15) is 0 Å². The predicted octanol–water partition coefficient (Wildman–Crippen LogP) is -0.0205. The molecule has 0 aromatic heterocycles. The van der Waals surface area contributed by atoms with Crippen LogP contribution in [-0.2, 0) is 19.2 Å².